The first-order chi connectivity index (χ1) is 7.10. The fraction of sp³-hybridized carbons (Fsp3) is 0.800. The molecule has 0 aromatic rings. The van der Waals surface area contributed by atoms with Crippen molar-refractivity contribution in [3.8, 4) is 0 Å². The third kappa shape index (κ3) is 2.92. The third-order valence-electron chi connectivity index (χ3n) is 2.58. The van der Waals surface area contributed by atoms with Crippen LogP contribution in [-0.4, -0.2) is 35.7 Å². The average molecular weight is 215 g/mol. The molecule has 0 heterocycles. The van der Waals surface area contributed by atoms with Crippen LogP contribution >= 0.6 is 0 Å². The Balaban J connectivity index is 2.32. The molecule has 1 saturated carbocycles. The van der Waals surface area contributed by atoms with Crippen molar-refractivity contribution >= 4 is 11.9 Å². The van der Waals surface area contributed by atoms with E-state index in [0.29, 0.717) is 19.4 Å². The number of carboxylic acid groups (broad SMARTS) is 1. The lowest BCUT2D eigenvalue weighted by atomic mass is 9.77. The molecule has 1 aliphatic rings. The van der Waals surface area contributed by atoms with Crippen LogP contribution < -0.4 is 5.32 Å². The summed E-state index contributed by atoms with van der Waals surface area (Å²) in [5.74, 6) is -1.29. The van der Waals surface area contributed by atoms with Gasteiger partial charge >= 0.3 is 5.97 Å². The Morgan fingerprint density at radius 2 is 2.13 bits per heavy atom. The molecule has 1 rings (SSSR count). The minimum absolute atomic E-state index is 0.0527. The van der Waals surface area contributed by atoms with Gasteiger partial charge in [0.25, 0.3) is 0 Å². The molecule has 0 radical (unpaired) electrons. The van der Waals surface area contributed by atoms with Gasteiger partial charge in [-0.05, 0) is 25.7 Å². The smallest absolute Gasteiger partial charge is 0.329 e. The number of aliphatic carboxylic acids is 1. The molecule has 0 bridgehead atoms. The summed E-state index contributed by atoms with van der Waals surface area (Å²) in [6.07, 6.45) is 2.73. The van der Waals surface area contributed by atoms with Gasteiger partial charge in [0.15, 0.2) is 0 Å². The molecule has 0 saturated heterocycles. The highest BCUT2D eigenvalue weighted by molar-refractivity contribution is 5.88. The second-order valence-corrected chi connectivity index (χ2v) is 3.84. The van der Waals surface area contributed by atoms with E-state index in [1.807, 2.05) is 6.92 Å². The Kier molecular flexibility index (Phi) is 4.08. The Labute approximate surface area is 88.8 Å². The maximum atomic E-state index is 11.3. The fourth-order valence-corrected chi connectivity index (χ4v) is 1.53. The number of hydrogen-bond donors (Lipinski definition) is 2. The molecule has 1 fully saturated rings. The minimum Gasteiger partial charge on any atom is -0.480 e. The first kappa shape index (κ1) is 12.0. The van der Waals surface area contributed by atoms with Crippen LogP contribution in [0.1, 0.15) is 32.6 Å². The molecule has 2 N–H and O–H groups in total. The molecule has 0 atom stereocenters. The third-order valence-corrected chi connectivity index (χ3v) is 2.58. The van der Waals surface area contributed by atoms with Gasteiger partial charge in [0, 0.05) is 6.61 Å². The summed E-state index contributed by atoms with van der Waals surface area (Å²) in [4.78, 5) is 22.2. The second-order valence-electron chi connectivity index (χ2n) is 3.84. The van der Waals surface area contributed by atoms with Gasteiger partial charge in [-0.3, -0.25) is 4.79 Å². The first-order valence-corrected chi connectivity index (χ1v) is 5.23. The summed E-state index contributed by atoms with van der Waals surface area (Å²) in [5.41, 5.74) is -1.02. The van der Waals surface area contributed by atoms with E-state index >= 15 is 0 Å². The molecule has 86 valence electrons. The van der Waals surface area contributed by atoms with Crippen LogP contribution in [0.2, 0.25) is 0 Å². The van der Waals surface area contributed by atoms with E-state index < -0.39 is 11.5 Å². The number of carbonyl (C=O) groups excluding carboxylic acids is 1. The van der Waals surface area contributed by atoms with Crippen LogP contribution in [0, 0.1) is 0 Å². The molecular weight excluding hydrogens is 198 g/mol. The van der Waals surface area contributed by atoms with Crippen LogP contribution in [0.3, 0.4) is 0 Å². The van der Waals surface area contributed by atoms with Crippen molar-refractivity contribution in [2.45, 2.75) is 38.1 Å². The maximum Gasteiger partial charge on any atom is 0.329 e. The molecule has 0 unspecified atom stereocenters. The lowest BCUT2D eigenvalue weighted by Crippen LogP contribution is -2.59. The quantitative estimate of drug-likeness (QED) is 0.634. The molecule has 1 aliphatic carbocycles. The summed E-state index contributed by atoms with van der Waals surface area (Å²) < 4.78 is 5.03. The highest BCUT2D eigenvalue weighted by Crippen LogP contribution is 2.31. The van der Waals surface area contributed by atoms with Gasteiger partial charge in [-0.25, -0.2) is 4.79 Å². The Bertz CT molecular complexity index is 248. The topological polar surface area (TPSA) is 75.6 Å². The van der Waals surface area contributed by atoms with Crippen molar-refractivity contribution in [2.24, 2.45) is 0 Å². The van der Waals surface area contributed by atoms with Crippen molar-refractivity contribution in [1.29, 1.82) is 0 Å². The average Bonchev–Trinajstić information content (AvgIpc) is 2.11. The molecule has 1 amide bonds. The number of hydrogen-bond acceptors (Lipinski definition) is 3. The Morgan fingerprint density at radius 1 is 1.47 bits per heavy atom. The fourth-order valence-electron chi connectivity index (χ4n) is 1.53. The van der Waals surface area contributed by atoms with Gasteiger partial charge < -0.3 is 15.2 Å². The predicted octanol–water partition coefficient (Wildman–Crippen LogP) is 0.536. The Morgan fingerprint density at radius 3 is 2.53 bits per heavy atom. The van der Waals surface area contributed by atoms with Gasteiger partial charge in [0.2, 0.25) is 5.91 Å². The highest BCUT2D eigenvalue weighted by atomic mass is 16.5. The largest absolute Gasteiger partial charge is 0.480 e. The van der Waals surface area contributed by atoms with Gasteiger partial charge in [0.1, 0.15) is 12.1 Å². The van der Waals surface area contributed by atoms with Gasteiger partial charge in [0.05, 0.1) is 0 Å². The van der Waals surface area contributed by atoms with Gasteiger partial charge in [-0.2, -0.15) is 0 Å². The van der Waals surface area contributed by atoms with E-state index in [4.69, 9.17) is 9.84 Å². The van der Waals surface area contributed by atoms with Crippen LogP contribution in [-0.2, 0) is 14.3 Å². The normalized spacial score (nSPS) is 17.9. The number of amides is 1. The van der Waals surface area contributed by atoms with Crippen molar-refractivity contribution < 1.29 is 19.4 Å². The molecule has 0 aromatic heterocycles. The van der Waals surface area contributed by atoms with Crippen LogP contribution in [0.4, 0.5) is 0 Å². The summed E-state index contributed by atoms with van der Waals surface area (Å²) in [7, 11) is 0. The SMILES string of the molecule is CCCOCC(=O)NC1(C(=O)O)CCC1. The van der Waals surface area contributed by atoms with E-state index in [1.165, 1.54) is 0 Å². The van der Waals surface area contributed by atoms with Crippen molar-refractivity contribution in [1.82, 2.24) is 5.32 Å². The summed E-state index contributed by atoms with van der Waals surface area (Å²) in [6.45, 7) is 2.42. The van der Waals surface area contributed by atoms with Crippen molar-refractivity contribution in [3.63, 3.8) is 0 Å². The summed E-state index contributed by atoms with van der Waals surface area (Å²) in [5, 5.41) is 11.5. The van der Waals surface area contributed by atoms with Crippen LogP contribution in [0.15, 0.2) is 0 Å². The molecule has 0 spiro atoms. The van der Waals surface area contributed by atoms with Crippen LogP contribution in [0.25, 0.3) is 0 Å². The zero-order valence-electron chi connectivity index (χ0n) is 8.91. The minimum atomic E-state index is -1.02. The van der Waals surface area contributed by atoms with Crippen molar-refractivity contribution in [2.75, 3.05) is 13.2 Å². The molecular formula is C10H17NO4. The van der Waals surface area contributed by atoms with E-state index in [0.717, 1.165) is 12.8 Å². The maximum absolute atomic E-state index is 11.3. The van der Waals surface area contributed by atoms with Crippen molar-refractivity contribution in [3.05, 3.63) is 0 Å². The zero-order valence-corrected chi connectivity index (χ0v) is 8.91. The van der Waals surface area contributed by atoms with E-state index in [-0.39, 0.29) is 12.5 Å². The first-order valence-electron chi connectivity index (χ1n) is 5.23. The Hall–Kier alpha value is -1.10. The molecule has 5 heteroatoms. The van der Waals surface area contributed by atoms with E-state index in [9.17, 15) is 9.59 Å². The molecule has 5 nitrogen and oxygen atoms in total. The zero-order chi connectivity index (χ0) is 11.3. The van der Waals surface area contributed by atoms with Crippen LogP contribution in [0.5, 0.6) is 0 Å². The second kappa shape index (κ2) is 5.11. The summed E-state index contributed by atoms with van der Waals surface area (Å²) in [6, 6.07) is 0. The summed E-state index contributed by atoms with van der Waals surface area (Å²) >= 11 is 0. The number of carboxylic acids is 1. The molecule has 15 heavy (non-hydrogen) atoms. The predicted molar refractivity (Wildman–Crippen MR) is 53.5 cm³/mol. The molecule has 0 aromatic carbocycles. The number of nitrogens with one attached hydrogen (secondary N) is 1. The lowest BCUT2D eigenvalue weighted by Gasteiger charge is -2.38. The molecule has 0 aliphatic heterocycles. The van der Waals surface area contributed by atoms with E-state index in [2.05, 4.69) is 5.32 Å². The number of rotatable bonds is 6. The number of carbonyl (C=O) groups is 2. The lowest BCUT2D eigenvalue weighted by molar-refractivity contribution is -0.152. The number of ether oxygens (including phenoxy) is 1. The van der Waals surface area contributed by atoms with Gasteiger partial charge in [-0.1, -0.05) is 6.92 Å². The monoisotopic (exact) mass is 215 g/mol. The standard InChI is InChI=1S/C10H17NO4/c1-2-6-15-7-8(12)11-10(9(13)14)4-3-5-10/h2-7H2,1H3,(H,11,12)(H,13,14). The van der Waals surface area contributed by atoms with E-state index in [1.54, 1.807) is 0 Å². The highest BCUT2D eigenvalue weighted by Gasteiger charge is 2.45. The van der Waals surface area contributed by atoms with Gasteiger partial charge in [-0.15, -0.1) is 0 Å².